The lowest BCUT2D eigenvalue weighted by molar-refractivity contribution is 0.490. The van der Waals surface area contributed by atoms with Crippen LogP contribution in [-0.2, 0) is 10.1 Å². The summed E-state index contributed by atoms with van der Waals surface area (Å²) in [5.74, 6) is 0. The maximum atomic E-state index is 9.19. The fourth-order valence-electron chi connectivity index (χ4n) is 3.50. The summed E-state index contributed by atoms with van der Waals surface area (Å²) in [7, 11) is -3.67. The Morgan fingerprint density at radius 2 is 0.667 bits per heavy atom. The summed E-state index contributed by atoms with van der Waals surface area (Å²) in [6, 6.07) is 42.8. The highest BCUT2D eigenvalue weighted by molar-refractivity contribution is 7.85. The first-order chi connectivity index (χ1) is 14.4. The molecule has 0 saturated carbocycles. The van der Waals surface area contributed by atoms with Crippen LogP contribution >= 0.6 is 0 Å². The Bertz CT molecular complexity index is 977. The first-order valence-corrected chi connectivity index (χ1v) is 11.3. The fraction of sp³-hybridized carbons (Fsp3) is 0.0400. The van der Waals surface area contributed by atoms with Crippen LogP contribution in [0.15, 0.2) is 121 Å². The molecule has 30 heavy (non-hydrogen) atoms. The second-order valence-corrected chi connectivity index (χ2v) is 8.21. The number of hydrogen-bond donors (Lipinski definition) is 1. The van der Waals surface area contributed by atoms with E-state index in [0.29, 0.717) is 10.7 Å². The van der Waals surface area contributed by atoms with E-state index in [1.165, 1.54) is 22.7 Å². The van der Waals surface area contributed by atoms with Crippen molar-refractivity contribution in [2.45, 2.75) is 0 Å². The zero-order chi connectivity index (χ0) is 21.5. The van der Waals surface area contributed by atoms with Crippen LogP contribution in [0.5, 0.6) is 0 Å². The van der Waals surface area contributed by atoms with Crippen molar-refractivity contribution >= 4 is 32.9 Å². The second-order valence-electron chi connectivity index (χ2n) is 6.75. The zero-order valence-electron chi connectivity index (χ0n) is 16.7. The van der Waals surface area contributed by atoms with Crippen LogP contribution < -0.4 is 4.48 Å². The molecule has 0 aliphatic carbocycles. The van der Waals surface area contributed by atoms with Gasteiger partial charge in [-0.15, -0.1) is 0 Å². The van der Waals surface area contributed by atoms with E-state index in [4.69, 9.17) is 4.55 Å². The van der Waals surface area contributed by atoms with Gasteiger partial charge >= 0.3 is 0 Å². The van der Waals surface area contributed by atoms with Gasteiger partial charge < -0.3 is 0 Å². The average Bonchev–Trinajstić information content (AvgIpc) is 2.76. The number of nitrogens with zero attached hydrogens (tertiary/aromatic N) is 1. The molecule has 0 saturated heterocycles. The van der Waals surface area contributed by atoms with Gasteiger partial charge in [0.15, 0.2) is 0 Å². The summed E-state index contributed by atoms with van der Waals surface area (Å²) in [4.78, 5) is 0. The Kier molecular flexibility index (Phi) is 6.79. The van der Waals surface area contributed by atoms with E-state index < -0.39 is 10.1 Å². The first-order valence-electron chi connectivity index (χ1n) is 9.46. The summed E-state index contributed by atoms with van der Waals surface area (Å²) >= 11 is 0. The Hall–Kier alpha value is -3.25. The third-order valence-electron chi connectivity index (χ3n) is 4.57. The number of quaternary nitrogens is 1. The van der Waals surface area contributed by atoms with E-state index in [0.717, 1.165) is 0 Å². The van der Waals surface area contributed by atoms with E-state index >= 15 is 0 Å². The Morgan fingerprint density at radius 1 is 0.500 bits per heavy atom. The van der Waals surface area contributed by atoms with E-state index in [2.05, 4.69) is 121 Å². The maximum Gasteiger partial charge on any atom is 0.261 e. The topological polar surface area (TPSA) is 54.4 Å². The predicted octanol–water partition coefficient (Wildman–Crippen LogP) is 6.49. The standard InChI is InChI=1S/C24H20N.CH4O3S/c1-5-13-21(14-6-1)25(22-15-7-2-8-16-22,23-17-9-3-10-18-23)24-19-11-4-12-20-24;1-5(2,3)4/h1-20H;1H3,(H,2,3,4)/q+1;. The van der Waals surface area contributed by atoms with Crippen molar-refractivity contribution in [3.63, 3.8) is 0 Å². The Balaban J connectivity index is 0.000000461. The van der Waals surface area contributed by atoms with E-state index in [1.54, 1.807) is 0 Å². The summed E-state index contributed by atoms with van der Waals surface area (Å²) in [5.41, 5.74) is 4.86. The third kappa shape index (κ3) is 5.02. The van der Waals surface area contributed by atoms with Gasteiger partial charge in [-0.05, 0) is 0 Å². The van der Waals surface area contributed by atoms with Crippen molar-refractivity contribution in [1.82, 2.24) is 4.48 Å². The predicted molar refractivity (Wildman–Crippen MR) is 124 cm³/mol. The van der Waals surface area contributed by atoms with Crippen molar-refractivity contribution in [3.8, 4) is 0 Å². The molecule has 0 radical (unpaired) electrons. The SMILES string of the molecule is CS(=O)(=O)O.c1ccc([N+](c2ccccc2)(c2ccccc2)c2ccccc2)cc1. The summed E-state index contributed by atoms with van der Waals surface area (Å²) < 4.78 is 26.4. The van der Waals surface area contributed by atoms with Gasteiger partial charge in [-0.2, -0.15) is 12.9 Å². The summed E-state index contributed by atoms with van der Waals surface area (Å²) in [6.07, 6.45) is 0.715. The van der Waals surface area contributed by atoms with Crippen molar-refractivity contribution in [2.75, 3.05) is 6.26 Å². The molecule has 0 amide bonds. The van der Waals surface area contributed by atoms with Crippen LogP contribution in [0.25, 0.3) is 0 Å². The smallest absolute Gasteiger partial charge is 0.261 e. The van der Waals surface area contributed by atoms with Crippen molar-refractivity contribution in [1.29, 1.82) is 0 Å². The van der Waals surface area contributed by atoms with Gasteiger partial charge in [0.1, 0.15) is 22.7 Å². The first kappa shape index (κ1) is 21.5. The summed E-state index contributed by atoms with van der Waals surface area (Å²) in [5, 5.41) is 0. The Labute approximate surface area is 178 Å². The van der Waals surface area contributed by atoms with Gasteiger partial charge in [0.25, 0.3) is 10.1 Å². The molecule has 4 aromatic rings. The van der Waals surface area contributed by atoms with Crippen molar-refractivity contribution < 1.29 is 13.0 Å². The number of para-hydroxylation sites is 4. The van der Waals surface area contributed by atoms with Crippen LogP contribution in [0.2, 0.25) is 0 Å². The van der Waals surface area contributed by atoms with Gasteiger partial charge in [-0.3, -0.25) is 4.55 Å². The van der Waals surface area contributed by atoms with Gasteiger partial charge in [-0.25, -0.2) is 0 Å². The lowest BCUT2D eigenvalue weighted by atomic mass is 10.1. The molecular formula is C25H24NO3S+. The molecule has 0 aromatic heterocycles. The monoisotopic (exact) mass is 418 g/mol. The molecular weight excluding hydrogens is 394 g/mol. The molecule has 0 fully saturated rings. The molecule has 0 atom stereocenters. The molecule has 0 bridgehead atoms. The van der Waals surface area contributed by atoms with Crippen LogP contribution in [0, 0.1) is 0 Å². The lowest BCUT2D eigenvalue weighted by Crippen LogP contribution is -2.33. The number of hydrogen-bond acceptors (Lipinski definition) is 2. The summed E-state index contributed by atoms with van der Waals surface area (Å²) in [6.45, 7) is 0. The van der Waals surface area contributed by atoms with Gasteiger partial charge in [-0.1, -0.05) is 72.8 Å². The molecule has 1 N–H and O–H groups in total. The lowest BCUT2D eigenvalue weighted by Gasteiger charge is -2.37. The van der Waals surface area contributed by atoms with Crippen molar-refractivity contribution in [2.24, 2.45) is 0 Å². The molecule has 0 aliphatic heterocycles. The Morgan fingerprint density at radius 3 is 0.833 bits per heavy atom. The number of benzene rings is 4. The molecule has 152 valence electrons. The number of rotatable bonds is 4. The minimum absolute atomic E-state index is 0.559. The van der Waals surface area contributed by atoms with E-state index in [1.807, 2.05) is 0 Å². The van der Waals surface area contributed by atoms with Crippen LogP contribution in [0.4, 0.5) is 22.7 Å². The van der Waals surface area contributed by atoms with Crippen LogP contribution in [0.1, 0.15) is 0 Å². The average molecular weight is 419 g/mol. The molecule has 0 unspecified atom stereocenters. The normalized spacial score (nSPS) is 11.3. The zero-order valence-corrected chi connectivity index (χ0v) is 17.5. The van der Waals surface area contributed by atoms with Gasteiger partial charge in [0, 0.05) is 48.5 Å². The van der Waals surface area contributed by atoms with Crippen LogP contribution in [0.3, 0.4) is 0 Å². The minimum atomic E-state index is -3.67. The molecule has 0 spiro atoms. The van der Waals surface area contributed by atoms with Gasteiger partial charge in [0.2, 0.25) is 0 Å². The molecule has 4 nitrogen and oxygen atoms in total. The molecule has 0 aliphatic rings. The molecule has 5 heteroatoms. The maximum absolute atomic E-state index is 9.19. The fourth-order valence-corrected chi connectivity index (χ4v) is 3.50. The highest BCUT2D eigenvalue weighted by Crippen LogP contribution is 2.50. The second kappa shape index (κ2) is 9.50. The molecule has 0 heterocycles. The quantitative estimate of drug-likeness (QED) is 0.304. The van der Waals surface area contributed by atoms with Crippen LogP contribution in [-0.4, -0.2) is 19.2 Å². The van der Waals surface area contributed by atoms with Crippen molar-refractivity contribution in [3.05, 3.63) is 121 Å². The third-order valence-corrected chi connectivity index (χ3v) is 4.57. The van der Waals surface area contributed by atoms with Gasteiger partial charge in [0.05, 0.1) is 6.26 Å². The van der Waals surface area contributed by atoms with E-state index in [9.17, 15) is 8.42 Å². The largest absolute Gasteiger partial charge is 0.286 e. The highest BCUT2D eigenvalue weighted by Gasteiger charge is 2.38. The molecule has 4 aromatic carbocycles. The van der Waals surface area contributed by atoms with E-state index in [-0.39, 0.29) is 0 Å². The minimum Gasteiger partial charge on any atom is -0.286 e. The highest BCUT2D eigenvalue weighted by atomic mass is 32.2. The molecule has 4 rings (SSSR count).